The van der Waals surface area contributed by atoms with E-state index >= 15 is 0 Å². The predicted molar refractivity (Wildman–Crippen MR) is 80.6 cm³/mol. The number of pyridine rings is 1. The summed E-state index contributed by atoms with van der Waals surface area (Å²) in [5, 5.41) is 3.40. The lowest BCUT2D eigenvalue weighted by Gasteiger charge is -2.31. The molecule has 116 valence electrons. The van der Waals surface area contributed by atoms with E-state index in [0.717, 1.165) is 24.4 Å². The molecule has 1 aliphatic rings. The maximum Gasteiger partial charge on any atom is 0.409 e. The summed E-state index contributed by atoms with van der Waals surface area (Å²) in [7, 11) is 0. The number of rotatable bonds is 5. The van der Waals surface area contributed by atoms with Gasteiger partial charge in [0.2, 0.25) is 0 Å². The Morgan fingerprint density at radius 3 is 2.81 bits per heavy atom. The molecule has 1 aliphatic heterocycles. The minimum atomic E-state index is -0.215. The molecule has 21 heavy (non-hydrogen) atoms. The summed E-state index contributed by atoms with van der Waals surface area (Å²) in [6.07, 6.45) is 3.30. The zero-order valence-corrected chi connectivity index (χ0v) is 12.7. The minimum absolute atomic E-state index is 0.215. The second-order valence-electron chi connectivity index (χ2n) is 4.91. The van der Waals surface area contributed by atoms with Crippen LogP contribution < -0.4 is 10.1 Å². The lowest BCUT2D eigenvalue weighted by atomic mass is 10.1. The molecule has 0 aromatic carbocycles. The van der Waals surface area contributed by atoms with Gasteiger partial charge in [-0.25, -0.2) is 9.78 Å². The van der Waals surface area contributed by atoms with Gasteiger partial charge in [0, 0.05) is 31.4 Å². The van der Waals surface area contributed by atoms with Gasteiger partial charge in [-0.1, -0.05) is 0 Å². The largest absolute Gasteiger partial charge is 0.494 e. The minimum Gasteiger partial charge on any atom is -0.494 e. The maximum atomic E-state index is 11.6. The van der Waals surface area contributed by atoms with E-state index in [9.17, 15) is 4.79 Å². The van der Waals surface area contributed by atoms with Gasteiger partial charge in [-0.15, -0.1) is 0 Å². The Morgan fingerprint density at radius 2 is 2.14 bits per heavy atom. The van der Waals surface area contributed by atoms with E-state index in [1.807, 2.05) is 26.0 Å². The molecule has 2 heterocycles. The van der Waals surface area contributed by atoms with Gasteiger partial charge in [0.25, 0.3) is 0 Å². The highest BCUT2D eigenvalue weighted by molar-refractivity contribution is 5.67. The van der Waals surface area contributed by atoms with E-state index in [4.69, 9.17) is 9.47 Å². The van der Waals surface area contributed by atoms with Crippen molar-refractivity contribution in [1.82, 2.24) is 9.88 Å². The summed E-state index contributed by atoms with van der Waals surface area (Å²) >= 11 is 0. The lowest BCUT2D eigenvalue weighted by molar-refractivity contribution is 0.0983. The van der Waals surface area contributed by atoms with Crippen LogP contribution in [0.5, 0.6) is 5.75 Å². The molecule has 0 spiro atoms. The van der Waals surface area contributed by atoms with E-state index in [1.165, 1.54) is 0 Å². The van der Waals surface area contributed by atoms with E-state index in [0.29, 0.717) is 32.3 Å². The topological polar surface area (TPSA) is 63.7 Å². The van der Waals surface area contributed by atoms with E-state index in [1.54, 1.807) is 11.1 Å². The van der Waals surface area contributed by atoms with Crippen molar-refractivity contribution in [3.63, 3.8) is 0 Å². The number of carbonyl (C=O) groups is 1. The number of ether oxygens (including phenoxy) is 2. The second kappa shape index (κ2) is 7.71. The average molecular weight is 293 g/mol. The molecule has 6 nitrogen and oxygen atoms in total. The van der Waals surface area contributed by atoms with Crippen LogP contribution in [-0.4, -0.2) is 48.3 Å². The van der Waals surface area contributed by atoms with Crippen LogP contribution in [0.3, 0.4) is 0 Å². The van der Waals surface area contributed by atoms with Crippen LogP contribution in [0.4, 0.5) is 10.6 Å². The van der Waals surface area contributed by atoms with Gasteiger partial charge in [-0.3, -0.25) is 0 Å². The van der Waals surface area contributed by atoms with Crippen molar-refractivity contribution in [2.24, 2.45) is 0 Å². The Balaban J connectivity index is 1.83. The number of nitrogens with zero attached hydrogens (tertiary/aromatic N) is 2. The van der Waals surface area contributed by atoms with Crippen LogP contribution in [-0.2, 0) is 4.74 Å². The highest BCUT2D eigenvalue weighted by Crippen LogP contribution is 2.19. The van der Waals surface area contributed by atoms with Crippen LogP contribution >= 0.6 is 0 Å². The summed E-state index contributed by atoms with van der Waals surface area (Å²) in [6, 6.07) is 4.07. The molecule has 1 fully saturated rings. The smallest absolute Gasteiger partial charge is 0.409 e. The fourth-order valence-corrected chi connectivity index (χ4v) is 2.38. The molecule has 2 rings (SSSR count). The summed E-state index contributed by atoms with van der Waals surface area (Å²) in [5.74, 6) is 1.63. The summed E-state index contributed by atoms with van der Waals surface area (Å²) < 4.78 is 10.5. The Kier molecular flexibility index (Phi) is 5.66. The number of amides is 1. The molecule has 0 unspecified atom stereocenters. The first-order valence-corrected chi connectivity index (χ1v) is 7.50. The zero-order chi connectivity index (χ0) is 15.1. The quantitative estimate of drug-likeness (QED) is 0.903. The van der Waals surface area contributed by atoms with Gasteiger partial charge >= 0.3 is 6.09 Å². The van der Waals surface area contributed by atoms with Gasteiger partial charge in [0.05, 0.1) is 13.2 Å². The molecule has 1 saturated heterocycles. The fraction of sp³-hybridized carbons (Fsp3) is 0.600. The second-order valence-corrected chi connectivity index (χ2v) is 4.91. The van der Waals surface area contributed by atoms with Crippen LogP contribution in [0.1, 0.15) is 26.7 Å². The Bertz CT molecular complexity index is 459. The normalized spacial score (nSPS) is 15.6. The first kappa shape index (κ1) is 15.4. The van der Waals surface area contributed by atoms with Gasteiger partial charge in [0.1, 0.15) is 11.6 Å². The fourth-order valence-electron chi connectivity index (χ4n) is 2.38. The third kappa shape index (κ3) is 4.51. The summed E-state index contributed by atoms with van der Waals surface area (Å²) in [4.78, 5) is 17.7. The molecule has 0 atom stereocenters. The number of hydrogen-bond acceptors (Lipinski definition) is 5. The lowest BCUT2D eigenvalue weighted by Crippen LogP contribution is -2.42. The molecule has 0 aliphatic carbocycles. The zero-order valence-electron chi connectivity index (χ0n) is 12.7. The molecule has 1 amide bonds. The van der Waals surface area contributed by atoms with Crippen molar-refractivity contribution in [1.29, 1.82) is 0 Å². The molecule has 0 saturated carbocycles. The van der Waals surface area contributed by atoms with Gasteiger partial charge < -0.3 is 19.7 Å². The summed E-state index contributed by atoms with van der Waals surface area (Å²) in [5.41, 5.74) is 0. The van der Waals surface area contributed by atoms with Crippen molar-refractivity contribution in [3.8, 4) is 5.75 Å². The van der Waals surface area contributed by atoms with Crippen molar-refractivity contribution in [2.45, 2.75) is 32.7 Å². The van der Waals surface area contributed by atoms with E-state index < -0.39 is 0 Å². The standard InChI is InChI=1S/C15H23N3O3/c1-3-20-13-5-8-16-14(11-13)17-12-6-9-18(10-7-12)15(19)21-4-2/h5,8,11-12H,3-4,6-7,9-10H2,1-2H3,(H,16,17). The van der Waals surface area contributed by atoms with Crippen LogP contribution in [0.15, 0.2) is 18.3 Å². The van der Waals surface area contributed by atoms with Gasteiger partial charge in [0.15, 0.2) is 0 Å². The third-order valence-electron chi connectivity index (χ3n) is 3.42. The van der Waals surface area contributed by atoms with Crippen molar-refractivity contribution in [2.75, 3.05) is 31.6 Å². The molecule has 6 heteroatoms. The van der Waals surface area contributed by atoms with Gasteiger partial charge in [-0.05, 0) is 32.8 Å². The van der Waals surface area contributed by atoms with Crippen molar-refractivity contribution < 1.29 is 14.3 Å². The van der Waals surface area contributed by atoms with Crippen molar-refractivity contribution in [3.05, 3.63) is 18.3 Å². The van der Waals surface area contributed by atoms with Crippen LogP contribution in [0, 0.1) is 0 Å². The number of piperidine rings is 1. The Hall–Kier alpha value is -1.98. The average Bonchev–Trinajstić information content (AvgIpc) is 2.49. The third-order valence-corrected chi connectivity index (χ3v) is 3.42. The Labute approximate surface area is 125 Å². The maximum absolute atomic E-state index is 11.6. The molecule has 1 N–H and O–H groups in total. The van der Waals surface area contributed by atoms with Crippen LogP contribution in [0.2, 0.25) is 0 Å². The molecule has 1 aromatic heterocycles. The van der Waals surface area contributed by atoms with E-state index in [2.05, 4.69) is 10.3 Å². The monoisotopic (exact) mass is 293 g/mol. The first-order valence-electron chi connectivity index (χ1n) is 7.50. The van der Waals surface area contributed by atoms with Crippen molar-refractivity contribution >= 4 is 11.9 Å². The molecule has 0 radical (unpaired) electrons. The number of carbonyl (C=O) groups excluding carboxylic acids is 1. The number of nitrogens with one attached hydrogen (secondary N) is 1. The molecular formula is C15H23N3O3. The summed E-state index contributed by atoms with van der Waals surface area (Å²) in [6.45, 7) is 6.26. The SMILES string of the molecule is CCOC(=O)N1CCC(Nc2cc(OCC)ccn2)CC1. The molecule has 1 aromatic rings. The first-order chi connectivity index (χ1) is 10.2. The molecule has 0 bridgehead atoms. The van der Waals surface area contributed by atoms with E-state index in [-0.39, 0.29) is 6.09 Å². The number of likely N-dealkylation sites (tertiary alicyclic amines) is 1. The number of aromatic nitrogens is 1. The highest BCUT2D eigenvalue weighted by atomic mass is 16.6. The predicted octanol–water partition coefficient (Wildman–Crippen LogP) is 2.51. The highest BCUT2D eigenvalue weighted by Gasteiger charge is 2.23. The molecular weight excluding hydrogens is 270 g/mol. The number of hydrogen-bond donors (Lipinski definition) is 1. The van der Waals surface area contributed by atoms with Gasteiger partial charge in [-0.2, -0.15) is 0 Å². The Morgan fingerprint density at radius 1 is 1.38 bits per heavy atom. The number of anilines is 1. The van der Waals surface area contributed by atoms with Crippen LogP contribution in [0.25, 0.3) is 0 Å².